The van der Waals surface area contributed by atoms with Gasteiger partial charge >= 0.3 is 0 Å². The highest BCUT2D eigenvalue weighted by molar-refractivity contribution is 7.13. The maximum absolute atomic E-state index is 12.9. The van der Waals surface area contributed by atoms with Gasteiger partial charge in [0.15, 0.2) is 5.13 Å². The number of carbonyl (C=O) groups is 1. The van der Waals surface area contributed by atoms with Gasteiger partial charge in [-0.05, 0) is 13.5 Å². The van der Waals surface area contributed by atoms with Crippen LogP contribution in [0.5, 0.6) is 0 Å². The molecule has 2 aromatic heterocycles. The zero-order chi connectivity index (χ0) is 16.2. The molecule has 7 nitrogen and oxygen atoms in total. The van der Waals surface area contributed by atoms with Crippen LogP contribution in [0.3, 0.4) is 0 Å². The largest absolute Gasteiger partial charge is 0.346 e. The van der Waals surface area contributed by atoms with Gasteiger partial charge in [-0.2, -0.15) is 5.10 Å². The molecule has 1 atom stereocenters. The van der Waals surface area contributed by atoms with E-state index in [2.05, 4.69) is 20.3 Å². The summed E-state index contributed by atoms with van der Waals surface area (Å²) in [6.07, 6.45) is 6.42. The van der Waals surface area contributed by atoms with E-state index in [1.54, 1.807) is 22.2 Å². The van der Waals surface area contributed by atoms with Gasteiger partial charge in [0.1, 0.15) is 6.04 Å². The monoisotopic (exact) mass is 334 g/mol. The van der Waals surface area contributed by atoms with E-state index >= 15 is 0 Å². The van der Waals surface area contributed by atoms with Crippen LogP contribution in [0.2, 0.25) is 0 Å². The van der Waals surface area contributed by atoms with Gasteiger partial charge in [0.05, 0.1) is 6.20 Å². The van der Waals surface area contributed by atoms with Crippen LogP contribution in [0.1, 0.15) is 18.0 Å². The molecule has 1 unspecified atom stereocenters. The van der Waals surface area contributed by atoms with E-state index in [0.717, 1.165) is 43.3 Å². The summed E-state index contributed by atoms with van der Waals surface area (Å²) >= 11 is 1.65. The molecule has 2 aromatic rings. The van der Waals surface area contributed by atoms with Crippen molar-refractivity contribution in [2.24, 2.45) is 7.05 Å². The Morgan fingerprint density at radius 1 is 1.35 bits per heavy atom. The summed E-state index contributed by atoms with van der Waals surface area (Å²) in [6, 6.07) is -0.338. The Hall–Kier alpha value is -1.93. The molecule has 0 bridgehead atoms. The van der Waals surface area contributed by atoms with E-state index in [0.29, 0.717) is 0 Å². The van der Waals surface area contributed by atoms with Gasteiger partial charge in [-0.1, -0.05) is 0 Å². The number of nitrogens with one attached hydrogen (secondary N) is 1. The van der Waals surface area contributed by atoms with Crippen LogP contribution >= 0.6 is 11.3 Å². The van der Waals surface area contributed by atoms with Crippen molar-refractivity contribution >= 4 is 22.4 Å². The zero-order valence-corrected chi connectivity index (χ0v) is 14.3. The molecule has 1 fully saturated rings. The Morgan fingerprint density at radius 2 is 2.22 bits per heavy atom. The van der Waals surface area contributed by atoms with E-state index in [9.17, 15) is 4.79 Å². The summed E-state index contributed by atoms with van der Waals surface area (Å²) in [5.41, 5.74) is 0.904. The Labute approximate surface area is 139 Å². The number of rotatable bonds is 4. The normalized spacial score (nSPS) is 17.1. The van der Waals surface area contributed by atoms with Crippen LogP contribution in [-0.4, -0.2) is 58.8 Å². The molecule has 0 radical (unpaired) electrons. The lowest BCUT2D eigenvalue weighted by Gasteiger charge is -2.25. The van der Waals surface area contributed by atoms with E-state index in [4.69, 9.17) is 0 Å². The van der Waals surface area contributed by atoms with Crippen molar-refractivity contribution < 1.29 is 4.79 Å². The Bertz CT molecular complexity index is 640. The van der Waals surface area contributed by atoms with Crippen molar-refractivity contribution in [3.63, 3.8) is 0 Å². The van der Waals surface area contributed by atoms with E-state index in [1.165, 1.54) is 0 Å². The molecule has 1 aliphatic rings. The van der Waals surface area contributed by atoms with E-state index < -0.39 is 0 Å². The predicted octanol–water partition coefficient (Wildman–Crippen LogP) is 0.876. The summed E-state index contributed by atoms with van der Waals surface area (Å²) in [6.45, 7) is 3.26. The molecule has 1 amide bonds. The second kappa shape index (κ2) is 7.10. The minimum absolute atomic E-state index is 0.112. The second-order valence-electron chi connectivity index (χ2n) is 5.65. The van der Waals surface area contributed by atoms with Gasteiger partial charge in [0, 0.05) is 56.6 Å². The molecule has 23 heavy (non-hydrogen) atoms. The highest BCUT2D eigenvalue weighted by Gasteiger charge is 2.27. The fourth-order valence-corrected chi connectivity index (χ4v) is 3.60. The fraction of sp³-hybridized carbons (Fsp3) is 0.533. The van der Waals surface area contributed by atoms with Crippen molar-refractivity contribution in [3.05, 3.63) is 29.5 Å². The molecule has 1 aliphatic heterocycles. The second-order valence-corrected chi connectivity index (χ2v) is 6.52. The molecule has 1 saturated heterocycles. The average Bonchev–Trinajstić information content (AvgIpc) is 3.15. The molecular formula is C15H22N6OS. The quantitative estimate of drug-likeness (QED) is 0.899. The number of thiazole rings is 1. The van der Waals surface area contributed by atoms with E-state index in [1.807, 2.05) is 36.8 Å². The van der Waals surface area contributed by atoms with Gasteiger partial charge in [0.2, 0.25) is 5.91 Å². The smallest absolute Gasteiger partial charge is 0.244 e. The van der Waals surface area contributed by atoms with Crippen molar-refractivity contribution in [1.82, 2.24) is 25.0 Å². The maximum atomic E-state index is 12.9. The lowest BCUT2D eigenvalue weighted by atomic mass is 10.1. The highest BCUT2D eigenvalue weighted by Crippen LogP contribution is 2.21. The minimum atomic E-state index is -0.338. The van der Waals surface area contributed by atoms with Crippen molar-refractivity contribution in [2.45, 2.75) is 12.5 Å². The number of aryl methyl sites for hydroxylation is 1. The Kier molecular flexibility index (Phi) is 4.92. The van der Waals surface area contributed by atoms with Crippen molar-refractivity contribution in [1.29, 1.82) is 0 Å². The number of nitrogens with zero attached hydrogens (tertiary/aromatic N) is 5. The van der Waals surface area contributed by atoms with Gasteiger partial charge < -0.3 is 15.1 Å². The zero-order valence-electron chi connectivity index (χ0n) is 13.5. The lowest BCUT2D eigenvalue weighted by molar-refractivity contribution is -0.133. The Balaban J connectivity index is 1.67. The maximum Gasteiger partial charge on any atom is 0.244 e. The van der Waals surface area contributed by atoms with Crippen LogP contribution in [0, 0.1) is 0 Å². The summed E-state index contributed by atoms with van der Waals surface area (Å²) in [4.78, 5) is 21.5. The fourth-order valence-electron chi connectivity index (χ4n) is 2.91. The standard InChI is InChI=1S/C15H22N6OS/c1-16-13(12-10-18-19(2)11-12)14(22)20-5-3-6-21(8-7-20)15-17-4-9-23-15/h4,9-11,13,16H,3,5-8H2,1-2H3. The molecular weight excluding hydrogens is 312 g/mol. The van der Waals surface area contributed by atoms with Crippen LogP contribution in [0.25, 0.3) is 0 Å². The summed E-state index contributed by atoms with van der Waals surface area (Å²) in [7, 11) is 3.67. The molecule has 0 spiro atoms. The van der Waals surface area contributed by atoms with Crippen molar-refractivity contribution in [3.8, 4) is 0 Å². The van der Waals surface area contributed by atoms with Gasteiger partial charge in [0.25, 0.3) is 0 Å². The minimum Gasteiger partial charge on any atom is -0.346 e. The number of carbonyl (C=O) groups excluding carboxylic acids is 1. The van der Waals surface area contributed by atoms with Crippen LogP contribution in [0.15, 0.2) is 24.0 Å². The van der Waals surface area contributed by atoms with E-state index in [-0.39, 0.29) is 11.9 Å². The molecule has 3 heterocycles. The number of amides is 1. The number of anilines is 1. The molecule has 8 heteroatoms. The third kappa shape index (κ3) is 3.53. The predicted molar refractivity (Wildman–Crippen MR) is 90.5 cm³/mol. The van der Waals surface area contributed by atoms with Gasteiger partial charge in [-0.25, -0.2) is 4.98 Å². The first-order valence-corrected chi connectivity index (χ1v) is 8.66. The first-order valence-electron chi connectivity index (χ1n) is 7.78. The lowest BCUT2D eigenvalue weighted by Crippen LogP contribution is -2.41. The number of likely N-dealkylation sites (N-methyl/N-ethyl adjacent to an activating group) is 1. The summed E-state index contributed by atoms with van der Waals surface area (Å²) < 4.78 is 1.72. The van der Waals surface area contributed by atoms with Crippen molar-refractivity contribution in [2.75, 3.05) is 38.1 Å². The van der Waals surface area contributed by atoms with Crippen LogP contribution in [-0.2, 0) is 11.8 Å². The summed E-state index contributed by atoms with van der Waals surface area (Å²) in [5.74, 6) is 0.112. The topological polar surface area (TPSA) is 66.3 Å². The van der Waals surface area contributed by atoms with Gasteiger partial charge in [-0.3, -0.25) is 9.48 Å². The van der Waals surface area contributed by atoms with Crippen LogP contribution in [0.4, 0.5) is 5.13 Å². The third-order valence-electron chi connectivity index (χ3n) is 4.09. The molecule has 0 aliphatic carbocycles. The SMILES string of the molecule is CNC(C(=O)N1CCCN(c2nccs2)CC1)c1cnn(C)c1. The number of aromatic nitrogens is 3. The number of hydrogen-bond donors (Lipinski definition) is 1. The van der Waals surface area contributed by atoms with Crippen LogP contribution < -0.4 is 10.2 Å². The first-order chi connectivity index (χ1) is 11.2. The molecule has 1 N–H and O–H groups in total. The number of hydrogen-bond acceptors (Lipinski definition) is 6. The highest BCUT2D eigenvalue weighted by atomic mass is 32.1. The third-order valence-corrected chi connectivity index (χ3v) is 4.92. The first kappa shape index (κ1) is 15.9. The summed E-state index contributed by atoms with van der Waals surface area (Å²) in [5, 5.41) is 10.3. The molecule has 0 aromatic carbocycles. The average molecular weight is 334 g/mol. The Morgan fingerprint density at radius 3 is 2.87 bits per heavy atom. The molecule has 124 valence electrons. The van der Waals surface area contributed by atoms with Gasteiger partial charge in [-0.15, -0.1) is 11.3 Å². The molecule has 0 saturated carbocycles. The molecule has 3 rings (SSSR count).